The van der Waals surface area contributed by atoms with Crippen molar-refractivity contribution in [2.45, 2.75) is 32.6 Å². The topological polar surface area (TPSA) is 63.1 Å². The second kappa shape index (κ2) is 6.06. The fraction of sp³-hybridized carbons (Fsp3) is 0.400. The second-order valence-corrected chi connectivity index (χ2v) is 5.80. The summed E-state index contributed by atoms with van der Waals surface area (Å²) in [6.45, 7) is 3.41. The van der Waals surface area contributed by atoms with Crippen LogP contribution in [0, 0.1) is 0 Å². The van der Waals surface area contributed by atoms with E-state index in [9.17, 15) is 4.79 Å². The quantitative estimate of drug-likeness (QED) is 0.932. The molecule has 0 unspecified atom stereocenters. The molecule has 2 heterocycles. The maximum absolute atomic E-state index is 12.6. The molecule has 7 heteroatoms. The molecule has 3 rings (SSSR count). The van der Waals surface area contributed by atoms with Gasteiger partial charge in [0, 0.05) is 11.6 Å². The first-order valence-corrected chi connectivity index (χ1v) is 7.59. The molecular weight excluding hydrogens is 302 g/mol. The normalized spacial score (nSPS) is 17.7. The number of aromatic nitrogens is 3. The van der Waals surface area contributed by atoms with Crippen LogP contribution in [0.25, 0.3) is 0 Å². The van der Waals surface area contributed by atoms with E-state index >= 15 is 0 Å². The van der Waals surface area contributed by atoms with Gasteiger partial charge in [0.1, 0.15) is 11.9 Å². The minimum absolute atomic E-state index is 0.0598. The van der Waals surface area contributed by atoms with Crippen LogP contribution in [0.2, 0.25) is 5.02 Å². The summed E-state index contributed by atoms with van der Waals surface area (Å²) in [5.74, 6) is 1.66. The fourth-order valence-corrected chi connectivity index (χ4v) is 2.98. The molecule has 22 heavy (non-hydrogen) atoms. The molecule has 0 saturated heterocycles. The smallest absolute Gasteiger partial charge is 0.246 e. The number of halogens is 1. The Kier molecular flexibility index (Phi) is 4.13. The Morgan fingerprint density at radius 1 is 1.36 bits per heavy atom. The molecule has 1 amide bonds. The summed E-state index contributed by atoms with van der Waals surface area (Å²) in [7, 11) is 1.85. The number of fused-ring (bicyclic) bond motifs is 1. The molecule has 0 bridgehead atoms. The number of hydrogen-bond donors (Lipinski definition) is 1. The molecule has 2 aromatic rings. The van der Waals surface area contributed by atoms with Crippen LogP contribution in [0.5, 0.6) is 0 Å². The van der Waals surface area contributed by atoms with E-state index in [2.05, 4.69) is 15.5 Å². The minimum atomic E-state index is -0.301. The van der Waals surface area contributed by atoms with Crippen LogP contribution in [0.1, 0.15) is 30.2 Å². The van der Waals surface area contributed by atoms with Gasteiger partial charge in [0.15, 0.2) is 5.82 Å². The third-order valence-corrected chi connectivity index (χ3v) is 4.25. The van der Waals surface area contributed by atoms with Crippen LogP contribution in [0.4, 0.5) is 0 Å². The van der Waals surface area contributed by atoms with Gasteiger partial charge < -0.3 is 10.2 Å². The van der Waals surface area contributed by atoms with Crippen molar-refractivity contribution < 1.29 is 4.79 Å². The molecule has 6 nitrogen and oxygen atoms in total. The number of hydrogen-bond acceptors (Lipinski definition) is 4. The summed E-state index contributed by atoms with van der Waals surface area (Å²) in [6, 6.07) is 7.28. The number of nitrogens with one attached hydrogen (secondary N) is 1. The monoisotopic (exact) mass is 319 g/mol. The molecule has 0 aliphatic carbocycles. The summed E-state index contributed by atoms with van der Waals surface area (Å²) in [6.07, 6.45) is 0. The molecule has 0 radical (unpaired) electrons. The fourth-order valence-electron chi connectivity index (χ4n) is 2.78. The Bertz CT molecular complexity index is 699. The summed E-state index contributed by atoms with van der Waals surface area (Å²) in [4.78, 5) is 14.4. The van der Waals surface area contributed by atoms with Gasteiger partial charge in [-0.3, -0.25) is 9.36 Å². The van der Waals surface area contributed by atoms with E-state index in [0.29, 0.717) is 24.7 Å². The number of amides is 1. The van der Waals surface area contributed by atoms with Crippen molar-refractivity contribution in [3.63, 3.8) is 0 Å². The average Bonchev–Trinajstić information content (AvgIpc) is 2.90. The summed E-state index contributed by atoms with van der Waals surface area (Å²) in [5.41, 5.74) is 0.938. The number of benzene rings is 1. The highest BCUT2D eigenvalue weighted by Gasteiger charge is 2.33. The van der Waals surface area contributed by atoms with Crippen LogP contribution in [0.3, 0.4) is 0 Å². The third-order valence-electron chi connectivity index (χ3n) is 3.88. The first-order chi connectivity index (χ1) is 10.6. The lowest BCUT2D eigenvalue weighted by Crippen LogP contribution is -2.42. The predicted octanol–water partition coefficient (Wildman–Crippen LogP) is 1.75. The van der Waals surface area contributed by atoms with Gasteiger partial charge in [-0.05, 0) is 25.6 Å². The van der Waals surface area contributed by atoms with E-state index in [1.165, 1.54) is 0 Å². The largest absolute Gasteiger partial charge is 0.329 e. The Morgan fingerprint density at radius 3 is 2.86 bits per heavy atom. The molecule has 1 aliphatic heterocycles. The van der Waals surface area contributed by atoms with E-state index in [1.807, 2.05) is 42.8 Å². The van der Waals surface area contributed by atoms with Crippen LogP contribution in [-0.2, 0) is 24.4 Å². The lowest BCUT2D eigenvalue weighted by atomic mass is 10.1. The lowest BCUT2D eigenvalue weighted by Gasteiger charge is -2.32. The zero-order chi connectivity index (χ0) is 15.7. The highest BCUT2D eigenvalue weighted by molar-refractivity contribution is 6.31. The predicted molar refractivity (Wildman–Crippen MR) is 83.2 cm³/mol. The van der Waals surface area contributed by atoms with Crippen LogP contribution in [0.15, 0.2) is 24.3 Å². The van der Waals surface area contributed by atoms with Crippen molar-refractivity contribution in [3.05, 3.63) is 46.5 Å². The summed E-state index contributed by atoms with van der Waals surface area (Å²) < 4.78 is 1.92. The van der Waals surface area contributed by atoms with Crippen molar-refractivity contribution in [2.24, 2.45) is 0 Å². The van der Waals surface area contributed by atoms with Crippen molar-refractivity contribution in [1.82, 2.24) is 25.0 Å². The molecule has 1 aliphatic rings. The Balaban J connectivity index is 1.87. The Labute approximate surface area is 134 Å². The van der Waals surface area contributed by atoms with Crippen molar-refractivity contribution in [3.8, 4) is 0 Å². The zero-order valence-electron chi connectivity index (χ0n) is 12.6. The van der Waals surface area contributed by atoms with Crippen LogP contribution < -0.4 is 5.32 Å². The van der Waals surface area contributed by atoms with Crippen molar-refractivity contribution in [1.29, 1.82) is 0 Å². The molecule has 1 atom stereocenters. The SMILES string of the molecule is CNCc1nnc2n1[C@@H](C)C(=O)N(Cc1ccccc1Cl)C2. The van der Waals surface area contributed by atoms with Crippen LogP contribution in [-0.4, -0.2) is 32.6 Å². The lowest BCUT2D eigenvalue weighted by molar-refractivity contribution is -0.137. The van der Waals surface area contributed by atoms with E-state index < -0.39 is 0 Å². The number of carbonyl (C=O) groups excluding carboxylic acids is 1. The van der Waals surface area contributed by atoms with Crippen molar-refractivity contribution >= 4 is 17.5 Å². The van der Waals surface area contributed by atoms with Crippen molar-refractivity contribution in [2.75, 3.05) is 7.05 Å². The zero-order valence-corrected chi connectivity index (χ0v) is 13.3. The third kappa shape index (κ3) is 2.60. The van der Waals surface area contributed by atoms with Gasteiger partial charge in [-0.2, -0.15) is 0 Å². The molecule has 1 aromatic heterocycles. The van der Waals surface area contributed by atoms with E-state index in [4.69, 9.17) is 11.6 Å². The highest BCUT2D eigenvalue weighted by Crippen LogP contribution is 2.26. The Morgan fingerprint density at radius 2 is 2.14 bits per heavy atom. The molecule has 0 saturated carbocycles. The first kappa shape index (κ1) is 15.0. The van der Waals surface area contributed by atoms with E-state index in [0.717, 1.165) is 17.2 Å². The molecule has 0 fully saturated rings. The minimum Gasteiger partial charge on any atom is -0.329 e. The van der Waals surface area contributed by atoms with Gasteiger partial charge in [0.05, 0.1) is 13.1 Å². The summed E-state index contributed by atoms with van der Waals surface area (Å²) in [5, 5.41) is 12.1. The van der Waals surface area contributed by atoms with Crippen LogP contribution >= 0.6 is 11.6 Å². The van der Waals surface area contributed by atoms with Gasteiger partial charge in [0.25, 0.3) is 0 Å². The summed E-state index contributed by atoms with van der Waals surface area (Å²) >= 11 is 6.19. The molecular formula is C15H18ClN5O. The maximum atomic E-state index is 12.6. The Hall–Kier alpha value is -1.92. The number of carbonyl (C=O) groups is 1. The number of nitrogens with zero attached hydrogens (tertiary/aromatic N) is 4. The molecule has 1 N–H and O–H groups in total. The first-order valence-electron chi connectivity index (χ1n) is 7.21. The molecule has 116 valence electrons. The van der Waals surface area contributed by atoms with Gasteiger partial charge in [-0.25, -0.2) is 0 Å². The van der Waals surface area contributed by atoms with Gasteiger partial charge >= 0.3 is 0 Å². The highest BCUT2D eigenvalue weighted by atomic mass is 35.5. The van der Waals surface area contributed by atoms with Gasteiger partial charge in [0.2, 0.25) is 5.91 Å². The number of rotatable bonds is 4. The second-order valence-electron chi connectivity index (χ2n) is 5.39. The van der Waals surface area contributed by atoms with E-state index in [-0.39, 0.29) is 11.9 Å². The standard InChI is InChI=1S/C15H18ClN5O/c1-10-15(22)20(8-11-5-3-4-6-12(11)16)9-14-19-18-13(7-17-2)21(10)14/h3-6,10,17H,7-9H2,1-2H3/t10-/m0/s1. The van der Waals surface area contributed by atoms with E-state index in [1.54, 1.807) is 4.90 Å². The molecule has 1 aromatic carbocycles. The molecule has 0 spiro atoms. The van der Waals surface area contributed by atoms with Gasteiger partial charge in [-0.1, -0.05) is 29.8 Å². The maximum Gasteiger partial charge on any atom is 0.246 e. The van der Waals surface area contributed by atoms with Gasteiger partial charge in [-0.15, -0.1) is 10.2 Å². The average molecular weight is 320 g/mol.